The van der Waals surface area contributed by atoms with Crippen LogP contribution in [0.1, 0.15) is 6.92 Å². The van der Waals surface area contributed by atoms with Gasteiger partial charge in [-0.15, -0.1) is 0 Å². The lowest BCUT2D eigenvalue weighted by Gasteiger charge is -2.02. The molecule has 0 atom stereocenters. The van der Waals surface area contributed by atoms with Crippen molar-refractivity contribution >= 4 is 17.8 Å². The summed E-state index contributed by atoms with van der Waals surface area (Å²) in [6.45, 7) is 2.21. The van der Waals surface area contributed by atoms with Crippen molar-refractivity contribution in [3.05, 3.63) is 12.3 Å². The van der Waals surface area contributed by atoms with E-state index in [1.54, 1.807) is 16.9 Å². The molecule has 0 spiro atoms. The van der Waals surface area contributed by atoms with Gasteiger partial charge in [-0.25, -0.2) is 4.79 Å². The molecule has 1 rings (SSSR count). The molecule has 0 aromatic carbocycles. The van der Waals surface area contributed by atoms with E-state index < -0.39 is 18.5 Å². The molecule has 0 saturated heterocycles. The molecule has 1 heterocycles. The van der Waals surface area contributed by atoms with Crippen molar-refractivity contribution in [3.63, 3.8) is 0 Å². The molecule has 82 valence electrons. The van der Waals surface area contributed by atoms with Crippen LogP contribution in [0.2, 0.25) is 0 Å². The fourth-order valence-electron chi connectivity index (χ4n) is 0.921. The predicted molar refractivity (Wildman–Crippen MR) is 52.6 cm³/mol. The number of carbonyl (C=O) groups excluding carboxylic acids is 1. The van der Waals surface area contributed by atoms with Crippen molar-refractivity contribution in [2.75, 3.05) is 11.9 Å². The van der Waals surface area contributed by atoms with Gasteiger partial charge in [0, 0.05) is 18.8 Å². The highest BCUT2D eigenvalue weighted by Crippen LogP contribution is 2.01. The highest BCUT2D eigenvalue weighted by Gasteiger charge is 2.05. The number of aliphatic carboxylic acids is 1. The lowest BCUT2D eigenvalue weighted by Crippen LogP contribution is -2.33. The first kappa shape index (κ1) is 11.0. The molecule has 0 bridgehead atoms. The fraction of sp³-hybridized carbons (Fsp3) is 0.375. The van der Waals surface area contributed by atoms with Crippen LogP contribution in [0, 0.1) is 0 Å². The summed E-state index contributed by atoms with van der Waals surface area (Å²) in [5, 5.41) is 16.9. The minimum atomic E-state index is -1.09. The molecule has 0 aliphatic heterocycles. The normalized spacial score (nSPS) is 9.67. The van der Waals surface area contributed by atoms with Gasteiger partial charge in [0.15, 0.2) is 5.82 Å². The molecule has 7 nitrogen and oxygen atoms in total. The number of hydrogen-bond donors (Lipinski definition) is 3. The van der Waals surface area contributed by atoms with Crippen LogP contribution in [-0.2, 0) is 11.3 Å². The Hall–Kier alpha value is -2.05. The summed E-state index contributed by atoms with van der Waals surface area (Å²) < 4.78 is 1.65. The predicted octanol–water partition coefficient (Wildman–Crippen LogP) is 0.109. The molecule has 0 fully saturated rings. The third kappa shape index (κ3) is 3.67. The maximum atomic E-state index is 11.1. The number of anilines is 1. The number of hydrogen-bond acceptors (Lipinski definition) is 3. The number of amides is 2. The Morgan fingerprint density at radius 2 is 2.33 bits per heavy atom. The van der Waals surface area contributed by atoms with Crippen LogP contribution in [0.3, 0.4) is 0 Å². The summed E-state index contributed by atoms with van der Waals surface area (Å²) in [6.07, 6.45) is 1.72. The van der Waals surface area contributed by atoms with Crippen LogP contribution in [0.15, 0.2) is 12.3 Å². The van der Waals surface area contributed by atoms with Crippen molar-refractivity contribution in [2.24, 2.45) is 0 Å². The summed E-state index contributed by atoms with van der Waals surface area (Å²) in [6, 6.07) is 1.04. The third-order valence-corrected chi connectivity index (χ3v) is 1.61. The summed E-state index contributed by atoms with van der Waals surface area (Å²) in [5.74, 6) is -0.705. The van der Waals surface area contributed by atoms with Crippen molar-refractivity contribution in [2.45, 2.75) is 13.5 Å². The number of aromatic nitrogens is 2. The lowest BCUT2D eigenvalue weighted by molar-refractivity contribution is -0.135. The second-order valence-corrected chi connectivity index (χ2v) is 2.76. The number of rotatable bonds is 4. The largest absolute Gasteiger partial charge is 0.480 e. The van der Waals surface area contributed by atoms with Gasteiger partial charge in [0.05, 0.1) is 0 Å². The average Bonchev–Trinajstić information content (AvgIpc) is 2.62. The molecular weight excluding hydrogens is 200 g/mol. The van der Waals surface area contributed by atoms with E-state index >= 15 is 0 Å². The van der Waals surface area contributed by atoms with E-state index in [1.165, 1.54) is 0 Å². The quantitative estimate of drug-likeness (QED) is 0.659. The van der Waals surface area contributed by atoms with Crippen molar-refractivity contribution < 1.29 is 14.7 Å². The Kier molecular flexibility index (Phi) is 3.67. The first-order valence-electron chi connectivity index (χ1n) is 4.42. The molecule has 1 aromatic rings. The first-order chi connectivity index (χ1) is 7.11. The highest BCUT2D eigenvalue weighted by molar-refractivity contribution is 5.90. The van der Waals surface area contributed by atoms with Gasteiger partial charge in [-0.3, -0.25) is 14.8 Å². The Morgan fingerprint density at radius 1 is 1.60 bits per heavy atom. The standard InChI is InChI=1S/C8H12N4O3/c1-2-12-4-3-6(11-12)10-8(15)9-5-7(13)14/h3-4H,2,5H2,1H3,(H,13,14)(H2,9,10,11,15). The Labute approximate surface area is 86.1 Å². The van der Waals surface area contributed by atoms with E-state index in [2.05, 4.69) is 15.7 Å². The molecule has 0 saturated carbocycles. The first-order valence-corrected chi connectivity index (χ1v) is 4.42. The van der Waals surface area contributed by atoms with Gasteiger partial charge in [-0.05, 0) is 6.92 Å². The summed E-state index contributed by atoms with van der Waals surface area (Å²) >= 11 is 0. The van der Waals surface area contributed by atoms with Crippen LogP contribution in [0.25, 0.3) is 0 Å². The monoisotopic (exact) mass is 212 g/mol. The zero-order valence-electron chi connectivity index (χ0n) is 8.23. The minimum absolute atomic E-state index is 0.389. The second kappa shape index (κ2) is 4.99. The highest BCUT2D eigenvalue weighted by atomic mass is 16.4. The van der Waals surface area contributed by atoms with Gasteiger partial charge >= 0.3 is 12.0 Å². The number of nitrogens with one attached hydrogen (secondary N) is 2. The smallest absolute Gasteiger partial charge is 0.323 e. The van der Waals surface area contributed by atoms with Crippen molar-refractivity contribution in [1.82, 2.24) is 15.1 Å². The second-order valence-electron chi connectivity index (χ2n) is 2.76. The Bertz CT molecular complexity index is 361. The number of carboxylic acid groups (broad SMARTS) is 1. The van der Waals surface area contributed by atoms with Gasteiger partial charge in [-0.1, -0.05) is 0 Å². The van der Waals surface area contributed by atoms with Crippen LogP contribution in [0.5, 0.6) is 0 Å². The summed E-state index contributed by atoms with van der Waals surface area (Å²) in [5.41, 5.74) is 0. The Balaban J connectivity index is 2.40. The van der Waals surface area contributed by atoms with Gasteiger partial charge in [0.25, 0.3) is 0 Å². The number of aryl methyl sites for hydroxylation is 1. The molecule has 0 radical (unpaired) electrons. The molecule has 2 amide bonds. The van der Waals surface area contributed by atoms with Crippen molar-refractivity contribution in [1.29, 1.82) is 0 Å². The van der Waals surface area contributed by atoms with E-state index in [-0.39, 0.29) is 0 Å². The lowest BCUT2D eigenvalue weighted by atomic mass is 10.6. The summed E-state index contributed by atoms with van der Waals surface area (Å²) in [7, 11) is 0. The zero-order valence-corrected chi connectivity index (χ0v) is 8.23. The van der Waals surface area contributed by atoms with E-state index in [0.29, 0.717) is 12.4 Å². The number of urea groups is 1. The van der Waals surface area contributed by atoms with Gasteiger partial charge in [0.2, 0.25) is 0 Å². The van der Waals surface area contributed by atoms with Crippen LogP contribution >= 0.6 is 0 Å². The molecule has 1 aromatic heterocycles. The van der Waals surface area contributed by atoms with E-state index in [1.807, 2.05) is 6.92 Å². The number of nitrogens with zero attached hydrogens (tertiary/aromatic N) is 2. The molecule has 15 heavy (non-hydrogen) atoms. The maximum absolute atomic E-state index is 11.1. The van der Waals surface area contributed by atoms with E-state index in [4.69, 9.17) is 5.11 Å². The fourth-order valence-corrected chi connectivity index (χ4v) is 0.921. The van der Waals surface area contributed by atoms with E-state index in [9.17, 15) is 9.59 Å². The SMILES string of the molecule is CCn1ccc(NC(=O)NCC(=O)O)n1. The number of carboxylic acids is 1. The van der Waals surface area contributed by atoms with Crippen LogP contribution in [-0.4, -0.2) is 33.4 Å². The molecule has 0 aliphatic carbocycles. The van der Waals surface area contributed by atoms with Crippen LogP contribution in [0.4, 0.5) is 10.6 Å². The van der Waals surface area contributed by atoms with Gasteiger partial charge < -0.3 is 10.4 Å². The molecule has 0 unspecified atom stereocenters. The molecule has 7 heteroatoms. The van der Waals surface area contributed by atoms with Gasteiger partial charge in [0.1, 0.15) is 6.54 Å². The molecule has 0 aliphatic rings. The maximum Gasteiger partial charge on any atom is 0.323 e. The van der Waals surface area contributed by atoms with Gasteiger partial charge in [-0.2, -0.15) is 5.10 Å². The van der Waals surface area contributed by atoms with Crippen molar-refractivity contribution in [3.8, 4) is 0 Å². The molecular formula is C8H12N4O3. The van der Waals surface area contributed by atoms with E-state index in [0.717, 1.165) is 0 Å². The zero-order chi connectivity index (χ0) is 11.3. The third-order valence-electron chi connectivity index (χ3n) is 1.61. The summed E-state index contributed by atoms with van der Waals surface area (Å²) in [4.78, 5) is 21.2. The topological polar surface area (TPSA) is 96.2 Å². The Morgan fingerprint density at radius 3 is 2.87 bits per heavy atom. The average molecular weight is 212 g/mol. The minimum Gasteiger partial charge on any atom is -0.480 e. The number of carbonyl (C=O) groups is 2. The van der Waals surface area contributed by atoms with Crippen LogP contribution < -0.4 is 10.6 Å². The molecule has 3 N–H and O–H groups in total.